The van der Waals surface area contributed by atoms with Crippen LogP contribution in [0.15, 0.2) is 84.9 Å². The molecule has 3 amide bonds. The molecule has 10 nitrogen and oxygen atoms in total. The van der Waals surface area contributed by atoms with E-state index in [1.54, 1.807) is 30.3 Å². The highest BCUT2D eigenvalue weighted by molar-refractivity contribution is 7.20. The lowest BCUT2D eigenvalue weighted by atomic mass is 10.0. The van der Waals surface area contributed by atoms with Crippen LogP contribution in [0.25, 0.3) is 10.2 Å². The lowest BCUT2D eigenvalue weighted by Gasteiger charge is -2.30. The molecule has 15 heteroatoms. The van der Waals surface area contributed by atoms with Gasteiger partial charge in [-0.15, -0.1) is 0 Å². The average molecular weight is 752 g/mol. The highest BCUT2D eigenvalue weighted by Crippen LogP contribution is 2.46. The zero-order chi connectivity index (χ0) is 37.2. The summed E-state index contributed by atoms with van der Waals surface area (Å²) in [5, 5.41) is 6.18. The monoisotopic (exact) mass is 751 g/mol. The number of rotatable bonds is 7. The molecule has 0 bridgehead atoms. The summed E-state index contributed by atoms with van der Waals surface area (Å²) in [6, 6.07) is 15.4. The van der Waals surface area contributed by atoms with E-state index in [0.29, 0.717) is 41.6 Å². The van der Waals surface area contributed by atoms with Gasteiger partial charge < -0.3 is 25.1 Å². The molecule has 0 spiro atoms. The molecule has 53 heavy (non-hydrogen) atoms. The Labute approximate surface area is 306 Å². The number of aromatic nitrogens is 1. The molecule has 3 aliphatic rings. The molecule has 1 aliphatic carbocycles. The SMILES string of the molecule is O=C1N[C@]2(C(=O)NOc3ccccc3)C[C@H]2C=CCCCCC[C@H](Nc2cccc(C(F)(F)F)c2)C(=O)N2C[C@H](Oc3nc4ccc(F)cc4s3)C[C@@H]12. The maximum atomic E-state index is 14.5. The van der Waals surface area contributed by atoms with Crippen molar-refractivity contribution in [3.8, 4) is 10.9 Å². The van der Waals surface area contributed by atoms with Gasteiger partial charge in [0.25, 0.3) is 11.1 Å². The van der Waals surface area contributed by atoms with Crippen LogP contribution in [0.3, 0.4) is 0 Å². The number of benzene rings is 3. The predicted molar refractivity (Wildman–Crippen MR) is 189 cm³/mol. The van der Waals surface area contributed by atoms with Gasteiger partial charge in [-0.2, -0.15) is 18.7 Å². The molecule has 3 heterocycles. The van der Waals surface area contributed by atoms with E-state index in [4.69, 9.17) is 9.57 Å². The molecule has 1 saturated heterocycles. The number of carbonyl (C=O) groups is 3. The van der Waals surface area contributed by atoms with Crippen LogP contribution in [0.4, 0.5) is 23.2 Å². The van der Waals surface area contributed by atoms with Crippen molar-refractivity contribution in [2.45, 2.75) is 74.8 Å². The Kier molecular flexibility index (Phi) is 10.3. The molecular formula is C38H37F4N5O5S. The topological polar surface area (TPSA) is 122 Å². The van der Waals surface area contributed by atoms with Crippen LogP contribution in [-0.2, 0) is 20.6 Å². The lowest BCUT2D eigenvalue weighted by Crippen LogP contribution is -2.57. The van der Waals surface area contributed by atoms with E-state index in [-0.39, 0.29) is 29.8 Å². The number of amides is 3. The maximum Gasteiger partial charge on any atom is 0.416 e. The average Bonchev–Trinajstić information content (AvgIpc) is 3.44. The largest absolute Gasteiger partial charge is 0.465 e. The van der Waals surface area contributed by atoms with Crippen molar-refractivity contribution < 1.29 is 41.5 Å². The van der Waals surface area contributed by atoms with Crippen molar-refractivity contribution >= 4 is 45.0 Å². The van der Waals surface area contributed by atoms with Crippen LogP contribution in [0, 0.1) is 11.7 Å². The van der Waals surface area contributed by atoms with E-state index < -0.39 is 59.0 Å². The van der Waals surface area contributed by atoms with E-state index in [0.717, 1.165) is 36.3 Å². The van der Waals surface area contributed by atoms with E-state index in [9.17, 15) is 31.9 Å². The number of nitrogens with zero attached hydrogens (tertiary/aromatic N) is 2. The minimum Gasteiger partial charge on any atom is -0.465 e. The number of anilines is 1. The molecule has 1 aromatic heterocycles. The third-order valence-corrected chi connectivity index (χ3v) is 10.7. The van der Waals surface area contributed by atoms with Crippen molar-refractivity contribution in [1.29, 1.82) is 0 Å². The van der Waals surface area contributed by atoms with E-state index >= 15 is 0 Å². The fourth-order valence-electron chi connectivity index (χ4n) is 6.91. The first-order chi connectivity index (χ1) is 25.5. The third kappa shape index (κ3) is 8.24. The van der Waals surface area contributed by atoms with Gasteiger partial charge in [-0.1, -0.05) is 60.6 Å². The standard InChI is InChI=1S/C38H37F4N5O5S/c39-25-16-17-29-32(19-25)53-36(44-29)51-28-20-31-33(48)45-37(35(50)46-52-27-13-6-4-7-14-27)21-24(37)10-5-2-1-3-8-15-30(34(49)47(31)22-28)43-26-12-9-11-23(18-26)38(40,41)42/h4-7,9-14,16-19,24,28,30-31,43H,1-3,8,15,20-22H2,(H,45,48)(H,46,50)/t24-,28-,30+,31+,37-/m1/s1. The number of halogens is 4. The summed E-state index contributed by atoms with van der Waals surface area (Å²) in [6.07, 6.45) is 2.06. The number of ether oxygens (including phenoxy) is 1. The van der Waals surface area contributed by atoms with Gasteiger partial charge in [0.05, 0.1) is 22.3 Å². The molecule has 3 aromatic carbocycles. The first-order valence-corrected chi connectivity index (χ1v) is 18.3. The minimum absolute atomic E-state index is 0.0386. The predicted octanol–water partition coefficient (Wildman–Crippen LogP) is 6.79. The van der Waals surface area contributed by atoms with Gasteiger partial charge in [-0.25, -0.2) is 9.37 Å². The number of hydroxylamine groups is 1. The molecule has 5 atom stereocenters. The van der Waals surface area contributed by atoms with Crippen LogP contribution in [0.1, 0.15) is 50.5 Å². The molecule has 2 aliphatic heterocycles. The normalized spacial score (nSPS) is 25.0. The smallest absolute Gasteiger partial charge is 0.416 e. The summed E-state index contributed by atoms with van der Waals surface area (Å²) in [6.45, 7) is -0.0401. The molecule has 7 rings (SSSR count). The number of thiazole rings is 1. The fourth-order valence-corrected chi connectivity index (χ4v) is 7.81. The summed E-state index contributed by atoms with van der Waals surface area (Å²) in [7, 11) is 0. The second-order valence-corrected chi connectivity index (χ2v) is 14.5. The van der Waals surface area contributed by atoms with Gasteiger partial charge in [0.15, 0.2) is 5.75 Å². The molecule has 3 N–H and O–H groups in total. The van der Waals surface area contributed by atoms with Crippen molar-refractivity contribution in [3.63, 3.8) is 0 Å². The number of hydrogen-bond acceptors (Lipinski definition) is 8. The Hall–Kier alpha value is -5.18. The molecule has 278 valence electrons. The quantitative estimate of drug-likeness (QED) is 0.108. The highest BCUT2D eigenvalue weighted by atomic mass is 32.1. The van der Waals surface area contributed by atoms with Crippen molar-refractivity contribution in [1.82, 2.24) is 20.7 Å². The van der Waals surface area contributed by atoms with Gasteiger partial charge in [-0.3, -0.25) is 14.4 Å². The van der Waals surface area contributed by atoms with Crippen LogP contribution < -0.4 is 25.7 Å². The third-order valence-electron chi connectivity index (χ3n) is 9.78. The highest BCUT2D eigenvalue weighted by Gasteiger charge is 2.61. The first-order valence-electron chi connectivity index (χ1n) is 17.5. The van der Waals surface area contributed by atoms with Gasteiger partial charge in [-0.05, 0) is 74.2 Å². The van der Waals surface area contributed by atoms with Gasteiger partial charge in [0.2, 0.25) is 11.8 Å². The zero-order valence-corrected chi connectivity index (χ0v) is 29.2. The summed E-state index contributed by atoms with van der Waals surface area (Å²) >= 11 is 1.12. The van der Waals surface area contributed by atoms with E-state index in [2.05, 4.69) is 21.1 Å². The molecule has 0 radical (unpaired) electrons. The van der Waals surface area contributed by atoms with Gasteiger partial charge in [0.1, 0.15) is 29.5 Å². The second kappa shape index (κ2) is 15.0. The Balaban J connectivity index is 1.17. The number of carbonyl (C=O) groups excluding carboxylic acids is 3. The Morgan fingerprint density at radius 2 is 1.85 bits per heavy atom. The van der Waals surface area contributed by atoms with Crippen LogP contribution in [-0.4, -0.2) is 57.9 Å². The first kappa shape index (κ1) is 36.2. The molecule has 0 unspecified atom stereocenters. The Morgan fingerprint density at radius 1 is 1.02 bits per heavy atom. The van der Waals surface area contributed by atoms with Crippen LogP contribution in [0.5, 0.6) is 10.9 Å². The van der Waals surface area contributed by atoms with Crippen molar-refractivity contribution in [2.24, 2.45) is 5.92 Å². The van der Waals surface area contributed by atoms with Crippen molar-refractivity contribution in [3.05, 3.63) is 96.3 Å². The lowest BCUT2D eigenvalue weighted by molar-refractivity contribution is -0.141. The molecule has 4 aromatic rings. The molecule has 2 fully saturated rings. The number of para-hydroxylation sites is 1. The number of alkyl halides is 3. The number of nitrogens with one attached hydrogen (secondary N) is 3. The Bertz CT molecular complexity index is 2010. The molecular weight excluding hydrogens is 715 g/mol. The summed E-state index contributed by atoms with van der Waals surface area (Å²) in [4.78, 5) is 53.8. The van der Waals surface area contributed by atoms with Crippen LogP contribution in [0.2, 0.25) is 0 Å². The van der Waals surface area contributed by atoms with E-state index in [1.165, 1.54) is 35.2 Å². The Morgan fingerprint density at radius 3 is 2.66 bits per heavy atom. The second-order valence-electron chi connectivity index (χ2n) is 13.5. The van der Waals surface area contributed by atoms with Crippen molar-refractivity contribution in [2.75, 3.05) is 11.9 Å². The van der Waals surface area contributed by atoms with E-state index in [1.807, 2.05) is 12.2 Å². The van der Waals surface area contributed by atoms with Gasteiger partial charge >= 0.3 is 6.18 Å². The molecule has 1 saturated carbocycles. The minimum atomic E-state index is -4.58. The van der Waals surface area contributed by atoms with Crippen LogP contribution >= 0.6 is 11.3 Å². The number of hydrogen-bond donors (Lipinski definition) is 3. The zero-order valence-electron chi connectivity index (χ0n) is 28.4. The summed E-state index contributed by atoms with van der Waals surface area (Å²) < 4.78 is 61.4. The maximum absolute atomic E-state index is 14.5. The number of fused-ring (bicyclic) bond motifs is 3. The summed E-state index contributed by atoms with van der Waals surface area (Å²) in [5.41, 5.74) is 0.910. The number of allylic oxidation sites excluding steroid dienone is 1. The van der Waals surface area contributed by atoms with Gasteiger partial charge in [0, 0.05) is 18.0 Å². The summed E-state index contributed by atoms with van der Waals surface area (Å²) in [5.74, 6) is -1.99. The fraction of sp³-hybridized carbons (Fsp3) is 0.368.